The lowest BCUT2D eigenvalue weighted by Gasteiger charge is -2.35. The van der Waals surface area contributed by atoms with Crippen LogP contribution >= 0.6 is 0 Å². The first-order valence-corrected chi connectivity index (χ1v) is 6.35. The summed E-state index contributed by atoms with van der Waals surface area (Å²) in [5, 5.41) is 0. The average molecular weight is 306 g/mol. The van der Waals surface area contributed by atoms with Crippen molar-refractivity contribution in [2.75, 3.05) is 37.7 Å². The molecular formula is C13H14F4N2O2. The van der Waals surface area contributed by atoms with Gasteiger partial charge in [0.15, 0.2) is 6.61 Å². The van der Waals surface area contributed by atoms with Crippen molar-refractivity contribution < 1.29 is 27.1 Å². The minimum atomic E-state index is -4.54. The largest absolute Gasteiger partial charge is 0.440 e. The lowest BCUT2D eigenvalue weighted by molar-refractivity contribution is -0.162. The Labute approximate surface area is 118 Å². The molecule has 1 aromatic carbocycles. The molecule has 1 aliphatic heterocycles. The van der Waals surface area contributed by atoms with Gasteiger partial charge in [-0.05, 0) is 12.1 Å². The van der Waals surface area contributed by atoms with Gasteiger partial charge in [-0.3, -0.25) is 0 Å². The fraction of sp³-hybridized carbons (Fsp3) is 0.462. The smallest absolute Gasteiger partial charge is 0.422 e. The molecule has 116 valence electrons. The molecule has 0 aromatic heterocycles. The lowest BCUT2D eigenvalue weighted by atomic mass is 10.2. The van der Waals surface area contributed by atoms with Crippen molar-refractivity contribution in [3.8, 4) is 0 Å². The van der Waals surface area contributed by atoms with Crippen LogP contribution in [0.25, 0.3) is 0 Å². The zero-order chi connectivity index (χ0) is 15.5. The van der Waals surface area contributed by atoms with Crippen LogP contribution in [0.2, 0.25) is 0 Å². The van der Waals surface area contributed by atoms with E-state index in [1.807, 2.05) is 0 Å². The Kier molecular flexibility index (Phi) is 4.54. The SMILES string of the molecule is O=C(OCC(F)(F)F)N1CCN(c2ccccc2F)CC1. The number of hydrogen-bond acceptors (Lipinski definition) is 3. The molecule has 1 aromatic rings. The van der Waals surface area contributed by atoms with E-state index in [0.29, 0.717) is 18.8 Å². The van der Waals surface area contributed by atoms with Crippen molar-refractivity contribution in [3.05, 3.63) is 30.1 Å². The Hall–Kier alpha value is -1.99. The molecule has 1 fully saturated rings. The second kappa shape index (κ2) is 6.19. The third-order valence-corrected chi connectivity index (χ3v) is 3.09. The van der Waals surface area contributed by atoms with Gasteiger partial charge in [-0.2, -0.15) is 13.2 Å². The molecule has 0 N–H and O–H groups in total. The molecule has 0 spiro atoms. The van der Waals surface area contributed by atoms with E-state index < -0.39 is 18.9 Å². The van der Waals surface area contributed by atoms with E-state index in [-0.39, 0.29) is 18.9 Å². The number of ether oxygens (including phenoxy) is 1. The van der Waals surface area contributed by atoms with Gasteiger partial charge in [-0.15, -0.1) is 0 Å². The number of hydrogen-bond donors (Lipinski definition) is 0. The second-order valence-corrected chi connectivity index (χ2v) is 4.60. The minimum absolute atomic E-state index is 0.186. The van der Waals surface area contributed by atoms with E-state index in [1.165, 1.54) is 11.0 Å². The van der Waals surface area contributed by atoms with Gasteiger partial charge < -0.3 is 14.5 Å². The van der Waals surface area contributed by atoms with Crippen LogP contribution in [0.1, 0.15) is 0 Å². The van der Waals surface area contributed by atoms with Crippen LogP contribution in [-0.2, 0) is 4.74 Å². The van der Waals surface area contributed by atoms with Crippen molar-refractivity contribution in [1.29, 1.82) is 0 Å². The fourth-order valence-electron chi connectivity index (χ4n) is 2.07. The van der Waals surface area contributed by atoms with Crippen molar-refractivity contribution in [2.45, 2.75) is 6.18 Å². The summed E-state index contributed by atoms with van der Waals surface area (Å²) < 4.78 is 53.7. The molecule has 1 heterocycles. The van der Waals surface area contributed by atoms with Gasteiger partial charge in [0.25, 0.3) is 0 Å². The number of alkyl halides is 3. The van der Waals surface area contributed by atoms with Gasteiger partial charge >= 0.3 is 12.3 Å². The maximum absolute atomic E-state index is 13.6. The van der Waals surface area contributed by atoms with Gasteiger partial charge in [0.1, 0.15) is 5.82 Å². The van der Waals surface area contributed by atoms with Crippen LogP contribution in [0.3, 0.4) is 0 Å². The fourth-order valence-corrected chi connectivity index (χ4v) is 2.07. The number of piperazine rings is 1. The predicted octanol–water partition coefficient (Wildman–Crippen LogP) is 2.65. The highest BCUT2D eigenvalue weighted by Crippen LogP contribution is 2.21. The van der Waals surface area contributed by atoms with E-state index in [9.17, 15) is 22.4 Å². The summed E-state index contributed by atoms with van der Waals surface area (Å²) in [5.41, 5.74) is 0.417. The number of nitrogens with zero attached hydrogens (tertiary/aromatic N) is 2. The number of carbonyl (C=O) groups excluding carboxylic acids is 1. The van der Waals surface area contributed by atoms with Crippen LogP contribution in [0.4, 0.5) is 28.0 Å². The van der Waals surface area contributed by atoms with E-state index in [0.717, 1.165) is 0 Å². The molecule has 4 nitrogen and oxygen atoms in total. The van der Waals surface area contributed by atoms with E-state index >= 15 is 0 Å². The first-order chi connectivity index (χ1) is 9.87. The summed E-state index contributed by atoms with van der Waals surface area (Å²) in [6.45, 7) is -0.556. The molecule has 1 saturated heterocycles. The molecule has 0 radical (unpaired) electrons. The van der Waals surface area contributed by atoms with Gasteiger partial charge in [-0.1, -0.05) is 12.1 Å². The maximum Gasteiger partial charge on any atom is 0.422 e. The van der Waals surface area contributed by atoms with E-state index in [4.69, 9.17) is 0 Å². The second-order valence-electron chi connectivity index (χ2n) is 4.60. The molecule has 0 bridgehead atoms. The van der Waals surface area contributed by atoms with Crippen LogP contribution in [0, 0.1) is 5.82 Å². The maximum atomic E-state index is 13.6. The van der Waals surface area contributed by atoms with Gasteiger partial charge in [-0.25, -0.2) is 9.18 Å². The number of para-hydroxylation sites is 1. The molecule has 8 heteroatoms. The number of halogens is 4. The van der Waals surface area contributed by atoms with Gasteiger partial charge in [0.2, 0.25) is 0 Å². The summed E-state index contributed by atoms with van der Waals surface area (Å²) >= 11 is 0. The number of rotatable bonds is 2. The summed E-state index contributed by atoms with van der Waals surface area (Å²) in [5.74, 6) is -0.370. The highest BCUT2D eigenvalue weighted by atomic mass is 19.4. The summed E-state index contributed by atoms with van der Waals surface area (Å²) in [6, 6.07) is 6.22. The zero-order valence-corrected chi connectivity index (χ0v) is 11.1. The highest BCUT2D eigenvalue weighted by molar-refractivity contribution is 5.68. The van der Waals surface area contributed by atoms with Crippen molar-refractivity contribution in [1.82, 2.24) is 4.90 Å². The van der Waals surface area contributed by atoms with Crippen LogP contribution < -0.4 is 4.90 Å². The average Bonchev–Trinajstić information content (AvgIpc) is 2.45. The van der Waals surface area contributed by atoms with E-state index in [2.05, 4.69) is 4.74 Å². The number of benzene rings is 1. The summed E-state index contributed by atoms with van der Waals surface area (Å²) in [7, 11) is 0. The minimum Gasteiger partial charge on any atom is -0.440 e. The standard InChI is InChI=1S/C13H14F4N2O2/c14-10-3-1-2-4-11(10)18-5-7-19(8-6-18)12(20)21-9-13(15,16)17/h1-4H,5-9H2. The van der Waals surface area contributed by atoms with Crippen LogP contribution in [0.15, 0.2) is 24.3 Å². The molecule has 2 rings (SSSR count). The molecule has 1 aliphatic rings. The normalized spacial score (nSPS) is 16.0. The summed E-state index contributed by atoms with van der Waals surface area (Å²) in [6.07, 6.45) is -5.54. The molecule has 21 heavy (non-hydrogen) atoms. The monoisotopic (exact) mass is 306 g/mol. The van der Waals surface area contributed by atoms with Crippen LogP contribution in [-0.4, -0.2) is 50.0 Å². The molecule has 0 saturated carbocycles. The molecule has 1 amide bonds. The van der Waals surface area contributed by atoms with Crippen LogP contribution in [0.5, 0.6) is 0 Å². The Balaban J connectivity index is 1.86. The quantitative estimate of drug-likeness (QED) is 0.788. The summed E-state index contributed by atoms with van der Waals surface area (Å²) in [4.78, 5) is 14.4. The first kappa shape index (κ1) is 15.4. The van der Waals surface area contributed by atoms with E-state index in [1.54, 1.807) is 23.1 Å². The predicted molar refractivity (Wildman–Crippen MR) is 67.6 cm³/mol. The zero-order valence-electron chi connectivity index (χ0n) is 11.1. The Morgan fingerprint density at radius 1 is 1.14 bits per heavy atom. The highest BCUT2D eigenvalue weighted by Gasteiger charge is 2.31. The van der Waals surface area contributed by atoms with Crippen molar-refractivity contribution >= 4 is 11.8 Å². The number of carbonyl (C=O) groups is 1. The van der Waals surface area contributed by atoms with Crippen molar-refractivity contribution in [2.24, 2.45) is 0 Å². The van der Waals surface area contributed by atoms with Gasteiger partial charge in [0.05, 0.1) is 5.69 Å². The Morgan fingerprint density at radius 3 is 2.33 bits per heavy atom. The first-order valence-electron chi connectivity index (χ1n) is 6.35. The molecule has 0 unspecified atom stereocenters. The molecule has 0 aliphatic carbocycles. The molecule has 0 atom stereocenters. The number of amides is 1. The Bertz CT molecular complexity index is 499. The lowest BCUT2D eigenvalue weighted by Crippen LogP contribution is -2.49. The third kappa shape index (κ3) is 4.24. The van der Waals surface area contributed by atoms with Gasteiger partial charge in [0, 0.05) is 26.2 Å². The number of anilines is 1. The molecular weight excluding hydrogens is 292 g/mol. The topological polar surface area (TPSA) is 32.8 Å². The Morgan fingerprint density at radius 2 is 1.76 bits per heavy atom. The third-order valence-electron chi connectivity index (χ3n) is 3.09. The van der Waals surface area contributed by atoms with Crippen molar-refractivity contribution in [3.63, 3.8) is 0 Å².